The van der Waals surface area contributed by atoms with Crippen molar-refractivity contribution in [2.45, 2.75) is 6.92 Å². The molecule has 0 saturated carbocycles. The molecule has 0 N–H and O–H groups in total. The number of fused-ring (bicyclic) bond motifs is 1. The fourth-order valence-electron chi connectivity index (χ4n) is 1.29. The maximum absolute atomic E-state index is 10.9. The fourth-order valence-corrected chi connectivity index (χ4v) is 1.29. The average Bonchev–Trinajstić information content (AvgIpc) is 2.44. The number of carbonyl (C=O) groups excluding carboxylic acids is 1. The lowest BCUT2D eigenvalue weighted by Gasteiger charge is -2.00. The van der Waals surface area contributed by atoms with E-state index in [0.29, 0.717) is 6.61 Å². The van der Waals surface area contributed by atoms with Gasteiger partial charge >= 0.3 is 0 Å². The molecule has 0 atom stereocenters. The summed E-state index contributed by atoms with van der Waals surface area (Å²) in [6.07, 6.45) is 1.51. The van der Waals surface area contributed by atoms with Crippen LogP contribution in [0.3, 0.4) is 0 Å². The van der Waals surface area contributed by atoms with E-state index in [1.807, 2.05) is 19.1 Å². The van der Waals surface area contributed by atoms with Crippen LogP contribution in [-0.2, 0) is 4.79 Å². The van der Waals surface area contributed by atoms with Gasteiger partial charge in [-0.1, -0.05) is 0 Å². The first kappa shape index (κ1) is 7.98. The summed E-state index contributed by atoms with van der Waals surface area (Å²) in [5, 5.41) is 1.57. The number of rotatable bonds is 2. The normalized spacial score (nSPS) is 13.2. The maximum atomic E-state index is 10.9. The van der Waals surface area contributed by atoms with Gasteiger partial charge in [-0.25, -0.2) is 4.99 Å². The van der Waals surface area contributed by atoms with Crippen LogP contribution < -0.4 is 15.3 Å². The third-order valence-electron chi connectivity index (χ3n) is 1.82. The monoisotopic (exact) mass is 175 g/mol. The van der Waals surface area contributed by atoms with Gasteiger partial charge in [0.05, 0.1) is 12.0 Å². The van der Waals surface area contributed by atoms with Crippen molar-refractivity contribution in [2.75, 3.05) is 6.61 Å². The van der Waals surface area contributed by atoms with Gasteiger partial charge in [-0.2, -0.15) is 0 Å². The lowest BCUT2D eigenvalue weighted by Crippen LogP contribution is -2.20. The van der Waals surface area contributed by atoms with E-state index in [4.69, 9.17) is 4.74 Å². The van der Waals surface area contributed by atoms with E-state index in [-0.39, 0.29) is 5.91 Å². The van der Waals surface area contributed by atoms with E-state index >= 15 is 0 Å². The van der Waals surface area contributed by atoms with E-state index in [2.05, 4.69) is 4.99 Å². The predicted octanol–water partition coefficient (Wildman–Crippen LogP) is 0.0256. The minimum absolute atomic E-state index is 0.191. The van der Waals surface area contributed by atoms with Crippen LogP contribution in [0.25, 0.3) is 6.08 Å². The van der Waals surface area contributed by atoms with E-state index in [9.17, 15) is 4.79 Å². The van der Waals surface area contributed by atoms with Gasteiger partial charge in [-0.05, 0) is 25.1 Å². The SMILES string of the molecule is CCOc1ccc2c(c1)=CC(=O)N=2. The van der Waals surface area contributed by atoms with Gasteiger partial charge < -0.3 is 4.74 Å². The van der Waals surface area contributed by atoms with Gasteiger partial charge in [0, 0.05) is 11.3 Å². The maximum Gasteiger partial charge on any atom is 0.270 e. The molecule has 1 aliphatic rings. The smallest absolute Gasteiger partial charge is 0.270 e. The Hall–Kier alpha value is -1.64. The van der Waals surface area contributed by atoms with E-state index < -0.39 is 0 Å². The number of benzene rings is 1. The Labute approximate surface area is 75.4 Å². The molecule has 1 amide bonds. The molecule has 0 bridgehead atoms. The molecule has 0 saturated heterocycles. The number of carbonyl (C=O) groups is 1. The Morgan fingerprint density at radius 3 is 3.08 bits per heavy atom. The highest BCUT2D eigenvalue weighted by atomic mass is 16.5. The summed E-state index contributed by atoms with van der Waals surface area (Å²) in [5.74, 6) is 0.589. The molecule has 0 aromatic heterocycles. The Morgan fingerprint density at radius 1 is 1.46 bits per heavy atom. The van der Waals surface area contributed by atoms with Gasteiger partial charge in [-0.3, -0.25) is 4.79 Å². The molecule has 0 aliphatic carbocycles. The highest BCUT2D eigenvalue weighted by molar-refractivity contribution is 6.06. The summed E-state index contributed by atoms with van der Waals surface area (Å²) >= 11 is 0. The van der Waals surface area contributed by atoms with E-state index in [0.717, 1.165) is 16.3 Å². The molecule has 0 fully saturated rings. The molecule has 1 aliphatic heterocycles. The molecule has 0 unspecified atom stereocenters. The van der Waals surface area contributed by atoms with Gasteiger partial charge in [0.15, 0.2) is 0 Å². The molecule has 0 spiro atoms. The Morgan fingerprint density at radius 2 is 2.31 bits per heavy atom. The summed E-state index contributed by atoms with van der Waals surface area (Å²) in [6, 6.07) is 5.44. The largest absolute Gasteiger partial charge is 0.494 e. The summed E-state index contributed by atoms with van der Waals surface area (Å²) in [6.45, 7) is 2.55. The molecule has 1 heterocycles. The van der Waals surface area contributed by atoms with Crippen molar-refractivity contribution in [1.29, 1.82) is 0 Å². The second-order valence-corrected chi connectivity index (χ2v) is 2.75. The molecular weight excluding hydrogens is 166 g/mol. The van der Waals surface area contributed by atoms with Crippen LogP contribution in [-0.4, -0.2) is 12.5 Å². The highest BCUT2D eigenvalue weighted by Gasteiger charge is 2.03. The molecule has 3 heteroatoms. The molecule has 66 valence electrons. The first-order valence-electron chi connectivity index (χ1n) is 4.17. The Balaban J connectivity index is 2.53. The zero-order chi connectivity index (χ0) is 9.26. The molecule has 2 rings (SSSR count). The number of amides is 1. The summed E-state index contributed by atoms with van der Waals surface area (Å²) < 4.78 is 5.29. The lowest BCUT2D eigenvalue weighted by atomic mass is 10.3. The van der Waals surface area contributed by atoms with Crippen molar-refractivity contribution >= 4 is 12.0 Å². The van der Waals surface area contributed by atoms with Crippen LogP contribution in [0.5, 0.6) is 5.75 Å². The summed E-state index contributed by atoms with van der Waals surface area (Å²) in [7, 11) is 0. The van der Waals surface area contributed by atoms with Crippen LogP contribution in [0.15, 0.2) is 23.2 Å². The van der Waals surface area contributed by atoms with Crippen molar-refractivity contribution in [2.24, 2.45) is 4.99 Å². The molecule has 13 heavy (non-hydrogen) atoms. The quantitative estimate of drug-likeness (QED) is 0.636. The first-order chi connectivity index (χ1) is 6.29. The number of nitrogens with zero attached hydrogens (tertiary/aromatic N) is 1. The molecule has 0 radical (unpaired) electrons. The second-order valence-electron chi connectivity index (χ2n) is 2.75. The summed E-state index contributed by atoms with van der Waals surface area (Å²) in [4.78, 5) is 14.7. The van der Waals surface area contributed by atoms with Gasteiger partial charge in [-0.15, -0.1) is 0 Å². The zero-order valence-electron chi connectivity index (χ0n) is 7.28. The van der Waals surface area contributed by atoms with Crippen LogP contribution in [0.4, 0.5) is 0 Å². The first-order valence-corrected chi connectivity index (χ1v) is 4.17. The lowest BCUT2D eigenvalue weighted by molar-refractivity contribution is -0.112. The Bertz CT molecular complexity index is 462. The number of hydrogen-bond acceptors (Lipinski definition) is 2. The van der Waals surface area contributed by atoms with Crippen molar-refractivity contribution in [3.63, 3.8) is 0 Å². The standard InChI is InChI=1S/C10H9NO2/c1-2-13-8-3-4-9-7(5-8)6-10(12)11-9/h3-6H,2H2,1H3. The average molecular weight is 175 g/mol. The predicted molar refractivity (Wildman–Crippen MR) is 47.9 cm³/mol. The van der Waals surface area contributed by atoms with Crippen molar-refractivity contribution in [3.8, 4) is 5.75 Å². The molecule has 1 aromatic carbocycles. The van der Waals surface area contributed by atoms with Gasteiger partial charge in [0.1, 0.15) is 5.75 Å². The molecule has 1 aromatic rings. The van der Waals surface area contributed by atoms with Crippen LogP contribution in [0.2, 0.25) is 0 Å². The number of ether oxygens (including phenoxy) is 1. The minimum Gasteiger partial charge on any atom is -0.494 e. The van der Waals surface area contributed by atoms with E-state index in [1.54, 1.807) is 6.07 Å². The molecular formula is C10H9NO2. The topological polar surface area (TPSA) is 38.7 Å². The van der Waals surface area contributed by atoms with Crippen molar-refractivity contribution in [1.82, 2.24) is 0 Å². The van der Waals surface area contributed by atoms with Crippen LogP contribution in [0.1, 0.15) is 6.92 Å². The van der Waals surface area contributed by atoms with E-state index in [1.165, 1.54) is 6.08 Å². The van der Waals surface area contributed by atoms with Crippen LogP contribution in [0, 0.1) is 0 Å². The van der Waals surface area contributed by atoms with Gasteiger partial charge in [0.25, 0.3) is 5.91 Å². The summed E-state index contributed by atoms with van der Waals surface area (Å²) in [5.41, 5.74) is 0. The Kier molecular flexibility index (Phi) is 1.85. The third kappa shape index (κ3) is 1.45. The molecule has 3 nitrogen and oxygen atoms in total. The van der Waals surface area contributed by atoms with Crippen LogP contribution >= 0.6 is 0 Å². The third-order valence-corrected chi connectivity index (χ3v) is 1.82. The second kappa shape index (κ2) is 3.01. The van der Waals surface area contributed by atoms with Crippen molar-refractivity contribution in [3.05, 3.63) is 28.8 Å². The fraction of sp³-hybridized carbons (Fsp3) is 0.200. The zero-order valence-corrected chi connectivity index (χ0v) is 7.28. The number of hydrogen-bond donors (Lipinski definition) is 0. The van der Waals surface area contributed by atoms with Gasteiger partial charge in [0.2, 0.25) is 0 Å². The highest BCUT2D eigenvalue weighted by Crippen LogP contribution is 2.03. The minimum atomic E-state index is -0.191. The van der Waals surface area contributed by atoms with Crippen molar-refractivity contribution < 1.29 is 9.53 Å².